The van der Waals surface area contributed by atoms with Crippen molar-refractivity contribution < 1.29 is 9.59 Å². The van der Waals surface area contributed by atoms with E-state index in [1.54, 1.807) is 24.5 Å². The van der Waals surface area contributed by atoms with Gasteiger partial charge in [-0.3, -0.25) is 14.6 Å². The van der Waals surface area contributed by atoms with Crippen molar-refractivity contribution in [2.24, 2.45) is 5.92 Å². The first-order valence-corrected chi connectivity index (χ1v) is 10.8. The number of likely N-dealkylation sites (tertiary alicyclic amines) is 1. The van der Waals surface area contributed by atoms with Crippen LogP contribution in [0.5, 0.6) is 0 Å². The van der Waals surface area contributed by atoms with Gasteiger partial charge in [0.25, 0.3) is 5.91 Å². The van der Waals surface area contributed by atoms with Gasteiger partial charge in [0.15, 0.2) is 0 Å². The summed E-state index contributed by atoms with van der Waals surface area (Å²) in [6.07, 6.45) is 5.06. The van der Waals surface area contributed by atoms with E-state index in [2.05, 4.69) is 10.3 Å². The van der Waals surface area contributed by atoms with Crippen LogP contribution in [0.2, 0.25) is 0 Å². The third-order valence-corrected chi connectivity index (χ3v) is 5.92. The van der Waals surface area contributed by atoms with E-state index in [1.807, 2.05) is 65.6 Å². The average molecular weight is 414 g/mol. The normalized spacial score (nSPS) is 14.4. The lowest BCUT2D eigenvalue weighted by molar-refractivity contribution is -0.122. The first kappa shape index (κ1) is 20.8. The molecule has 5 heteroatoms. The molecule has 0 radical (unpaired) electrons. The Kier molecular flexibility index (Phi) is 6.72. The largest absolute Gasteiger partial charge is 0.355 e. The van der Waals surface area contributed by atoms with E-state index >= 15 is 0 Å². The number of carbonyl (C=O) groups excluding carboxylic acids is 2. The van der Waals surface area contributed by atoms with Gasteiger partial charge in [0.05, 0.1) is 5.92 Å². The molecule has 2 amide bonds. The maximum absolute atomic E-state index is 13.2. The number of nitrogens with one attached hydrogen (secondary N) is 1. The van der Waals surface area contributed by atoms with Crippen molar-refractivity contribution in [1.82, 2.24) is 15.2 Å². The molecule has 4 rings (SSSR count). The number of nitrogens with zero attached hydrogens (tertiary/aromatic N) is 2. The molecule has 1 N–H and O–H groups in total. The minimum absolute atomic E-state index is 0.0210. The molecule has 0 spiro atoms. The summed E-state index contributed by atoms with van der Waals surface area (Å²) >= 11 is 0. The van der Waals surface area contributed by atoms with Crippen molar-refractivity contribution in [1.29, 1.82) is 0 Å². The zero-order chi connectivity index (χ0) is 21.5. The Morgan fingerprint density at radius 1 is 0.871 bits per heavy atom. The van der Waals surface area contributed by atoms with E-state index in [0.29, 0.717) is 31.1 Å². The zero-order valence-corrected chi connectivity index (χ0v) is 17.5. The Hall–Kier alpha value is -3.47. The molecule has 1 aliphatic rings. The number of aromatic nitrogens is 1. The third-order valence-electron chi connectivity index (χ3n) is 5.92. The lowest BCUT2D eigenvalue weighted by Gasteiger charge is -2.32. The van der Waals surface area contributed by atoms with E-state index in [4.69, 9.17) is 0 Å². The van der Waals surface area contributed by atoms with Gasteiger partial charge in [0.1, 0.15) is 0 Å². The Morgan fingerprint density at radius 2 is 1.42 bits per heavy atom. The van der Waals surface area contributed by atoms with Gasteiger partial charge in [-0.25, -0.2) is 0 Å². The topological polar surface area (TPSA) is 62.3 Å². The fraction of sp³-hybridized carbons (Fsp3) is 0.269. The van der Waals surface area contributed by atoms with Crippen LogP contribution in [0.25, 0.3) is 0 Å². The number of hydrogen-bond donors (Lipinski definition) is 1. The van der Waals surface area contributed by atoms with Gasteiger partial charge in [-0.2, -0.15) is 0 Å². The second kappa shape index (κ2) is 10.0. The number of rotatable bonds is 6. The Labute approximate surface area is 183 Å². The van der Waals surface area contributed by atoms with Crippen molar-refractivity contribution in [3.05, 3.63) is 102 Å². The number of benzene rings is 2. The highest BCUT2D eigenvalue weighted by atomic mass is 16.2. The number of carbonyl (C=O) groups is 2. The van der Waals surface area contributed by atoms with Crippen molar-refractivity contribution in [2.45, 2.75) is 18.8 Å². The number of amides is 2. The van der Waals surface area contributed by atoms with Crippen molar-refractivity contribution in [3.63, 3.8) is 0 Å². The van der Waals surface area contributed by atoms with Crippen molar-refractivity contribution in [3.8, 4) is 0 Å². The summed E-state index contributed by atoms with van der Waals surface area (Å²) in [6.45, 7) is 2.05. The summed E-state index contributed by atoms with van der Waals surface area (Å²) in [6, 6.07) is 23.3. The van der Waals surface area contributed by atoms with Crippen LogP contribution >= 0.6 is 0 Å². The summed E-state index contributed by atoms with van der Waals surface area (Å²) in [5.74, 6) is 0.124. The van der Waals surface area contributed by atoms with Gasteiger partial charge in [0.2, 0.25) is 5.91 Å². The van der Waals surface area contributed by atoms with Gasteiger partial charge >= 0.3 is 0 Å². The quantitative estimate of drug-likeness (QED) is 0.667. The highest BCUT2D eigenvalue weighted by Crippen LogP contribution is 2.25. The first-order valence-electron chi connectivity index (χ1n) is 10.8. The number of piperidine rings is 1. The molecule has 1 aromatic heterocycles. The fourth-order valence-electron chi connectivity index (χ4n) is 4.15. The molecular weight excluding hydrogens is 386 g/mol. The third kappa shape index (κ3) is 5.18. The van der Waals surface area contributed by atoms with Gasteiger partial charge in [0, 0.05) is 37.6 Å². The van der Waals surface area contributed by atoms with Crippen molar-refractivity contribution >= 4 is 11.8 Å². The average Bonchev–Trinajstić information content (AvgIpc) is 2.85. The van der Waals surface area contributed by atoms with Crippen LogP contribution in [-0.4, -0.2) is 41.3 Å². The van der Waals surface area contributed by atoms with Gasteiger partial charge in [-0.05, 0) is 42.0 Å². The predicted molar refractivity (Wildman–Crippen MR) is 121 cm³/mol. The molecule has 3 aromatic rings. The SMILES string of the molecule is O=C(NCC1CCN(C(=O)c2ccncc2)CC1)C(c1ccccc1)c1ccccc1. The molecule has 2 aromatic carbocycles. The molecule has 0 saturated carbocycles. The Bertz CT molecular complexity index is 945. The van der Waals surface area contributed by atoms with Gasteiger partial charge < -0.3 is 10.2 Å². The first-order chi connectivity index (χ1) is 15.2. The molecule has 2 heterocycles. The Balaban J connectivity index is 1.34. The summed E-state index contributed by atoms with van der Waals surface area (Å²) in [7, 11) is 0. The zero-order valence-electron chi connectivity index (χ0n) is 17.5. The lowest BCUT2D eigenvalue weighted by atomic mass is 9.90. The highest BCUT2D eigenvalue weighted by Gasteiger charge is 2.26. The summed E-state index contributed by atoms with van der Waals surface area (Å²) in [5.41, 5.74) is 2.66. The predicted octanol–water partition coefficient (Wildman–Crippen LogP) is 3.88. The number of hydrogen-bond acceptors (Lipinski definition) is 3. The van der Waals surface area contributed by atoms with Crippen molar-refractivity contribution in [2.75, 3.05) is 19.6 Å². The molecule has 0 unspecified atom stereocenters. The maximum Gasteiger partial charge on any atom is 0.253 e. The van der Waals surface area contributed by atoms with E-state index in [1.165, 1.54) is 0 Å². The minimum atomic E-state index is -0.323. The van der Waals surface area contributed by atoms with E-state index in [-0.39, 0.29) is 17.7 Å². The summed E-state index contributed by atoms with van der Waals surface area (Å²) < 4.78 is 0. The maximum atomic E-state index is 13.2. The van der Waals surface area contributed by atoms with E-state index in [0.717, 1.165) is 24.0 Å². The van der Waals surface area contributed by atoms with Crippen LogP contribution in [0.15, 0.2) is 85.2 Å². The molecule has 0 aliphatic carbocycles. The highest BCUT2D eigenvalue weighted by molar-refractivity contribution is 5.94. The number of pyridine rings is 1. The van der Waals surface area contributed by atoms with Crippen LogP contribution < -0.4 is 5.32 Å². The molecular formula is C26H27N3O2. The van der Waals surface area contributed by atoms with Gasteiger partial charge in [-0.1, -0.05) is 60.7 Å². The van der Waals surface area contributed by atoms with E-state index in [9.17, 15) is 9.59 Å². The molecule has 31 heavy (non-hydrogen) atoms. The fourth-order valence-corrected chi connectivity index (χ4v) is 4.15. The van der Waals surface area contributed by atoms with Crippen LogP contribution in [-0.2, 0) is 4.79 Å². The molecule has 1 aliphatic heterocycles. The Morgan fingerprint density at radius 3 is 1.97 bits per heavy atom. The standard InChI is InChI=1S/C26H27N3O2/c30-25(24(21-7-3-1-4-8-21)22-9-5-2-6-10-22)28-19-20-13-17-29(18-14-20)26(31)23-11-15-27-16-12-23/h1-12,15-16,20,24H,13-14,17-19H2,(H,28,30). The monoisotopic (exact) mass is 413 g/mol. The summed E-state index contributed by atoms with van der Waals surface area (Å²) in [5, 5.41) is 3.17. The van der Waals surface area contributed by atoms with Crippen LogP contribution in [0, 0.1) is 5.92 Å². The molecule has 158 valence electrons. The van der Waals surface area contributed by atoms with E-state index < -0.39 is 0 Å². The molecule has 0 atom stereocenters. The van der Waals surface area contributed by atoms with Gasteiger partial charge in [-0.15, -0.1) is 0 Å². The summed E-state index contributed by atoms with van der Waals surface area (Å²) in [4.78, 5) is 31.6. The van der Waals surface area contributed by atoms with Crippen LogP contribution in [0.3, 0.4) is 0 Å². The molecule has 0 bridgehead atoms. The molecule has 1 saturated heterocycles. The smallest absolute Gasteiger partial charge is 0.253 e. The lowest BCUT2D eigenvalue weighted by Crippen LogP contribution is -2.42. The molecule has 5 nitrogen and oxygen atoms in total. The van der Waals surface area contributed by atoms with Crippen LogP contribution in [0.1, 0.15) is 40.2 Å². The second-order valence-corrected chi connectivity index (χ2v) is 7.97. The molecule has 1 fully saturated rings. The minimum Gasteiger partial charge on any atom is -0.355 e. The second-order valence-electron chi connectivity index (χ2n) is 7.97. The van der Waals surface area contributed by atoms with Crippen LogP contribution in [0.4, 0.5) is 0 Å².